The van der Waals surface area contributed by atoms with Crippen LogP contribution in [0.25, 0.3) is 5.82 Å². The van der Waals surface area contributed by atoms with Gasteiger partial charge in [-0.2, -0.15) is 0 Å². The molecule has 6 heteroatoms. The maximum absolute atomic E-state index is 9.13. The van der Waals surface area contributed by atoms with Gasteiger partial charge >= 0.3 is 0 Å². The van der Waals surface area contributed by atoms with Gasteiger partial charge in [0.15, 0.2) is 5.82 Å². The Kier molecular flexibility index (Phi) is 3.77. The largest absolute Gasteiger partial charge is 0.477 e. The van der Waals surface area contributed by atoms with Gasteiger partial charge in [0.25, 0.3) is 0 Å². The minimum Gasteiger partial charge on any atom is -0.477 e. The van der Waals surface area contributed by atoms with E-state index in [1.54, 1.807) is 23.0 Å². The molecule has 0 amide bonds. The fraction of sp³-hybridized carbons (Fsp3) is 0.529. The second-order valence-electron chi connectivity index (χ2n) is 6.61. The number of nitrogens with zero attached hydrogens (tertiary/aromatic N) is 3. The molecule has 1 spiro atoms. The molecule has 1 atom stereocenters. The second kappa shape index (κ2) is 5.80. The van der Waals surface area contributed by atoms with Gasteiger partial charge in [0.1, 0.15) is 5.15 Å². The Labute approximate surface area is 140 Å². The lowest BCUT2D eigenvalue weighted by molar-refractivity contribution is 0.113. The molecule has 1 unspecified atom stereocenters. The Hall–Kier alpha value is -1.59. The van der Waals surface area contributed by atoms with Gasteiger partial charge in [-0.1, -0.05) is 11.6 Å². The smallest absolute Gasteiger partial charge is 0.233 e. The van der Waals surface area contributed by atoms with Crippen LogP contribution in [0.1, 0.15) is 37.7 Å². The van der Waals surface area contributed by atoms with Crippen LogP contribution >= 0.6 is 11.6 Å². The first kappa shape index (κ1) is 15.0. The van der Waals surface area contributed by atoms with Crippen LogP contribution in [0.2, 0.25) is 5.15 Å². The van der Waals surface area contributed by atoms with Crippen molar-refractivity contribution >= 4 is 11.6 Å². The molecule has 0 aromatic carbocycles. The standard InChI is InChI=1S/C17H20ClN3O2/c18-16-12(11-22)1-2-14(19-16)21-9-4-15(20-21)23-10-5-13-3-6-17(13)7-8-17/h1-2,4,9,13,22H,3,5-8,10-11H2. The van der Waals surface area contributed by atoms with Crippen molar-refractivity contribution in [3.63, 3.8) is 0 Å². The summed E-state index contributed by atoms with van der Waals surface area (Å²) in [5.74, 6) is 2.08. The van der Waals surface area contributed by atoms with Crippen LogP contribution in [0, 0.1) is 11.3 Å². The van der Waals surface area contributed by atoms with Crippen LogP contribution in [-0.4, -0.2) is 26.5 Å². The molecule has 23 heavy (non-hydrogen) atoms. The third kappa shape index (κ3) is 2.83. The zero-order valence-electron chi connectivity index (χ0n) is 12.9. The highest BCUT2D eigenvalue weighted by atomic mass is 35.5. The van der Waals surface area contributed by atoms with E-state index >= 15 is 0 Å². The molecule has 0 radical (unpaired) electrons. The summed E-state index contributed by atoms with van der Waals surface area (Å²) >= 11 is 6.02. The normalized spacial score (nSPS) is 21.2. The molecule has 2 saturated carbocycles. The Morgan fingerprint density at radius 3 is 2.83 bits per heavy atom. The molecule has 0 aliphatic heterocycles. The van der Waals surface area contributed by atoms with E-state index in [1.807, 2.05) is 6.07 Å². The predicted octanol–water partition coefficient (Wildman–Crippen LogP) is 3.37. The van der Waals surface area contributed by atoms with Gasteiger partial charge in [-0.05, 0) is 55.6 Å². The van der Waals surface area contributed by atoms with E-state index in [2.05, 4.69) is 10.1 Å². The SMILES string of the molecule is OCc1ccc(-n2ccc(OCCC3CCC34CC4)n2)nc1Cl. The summed E-state index contributed by atoms with van der Waals surface area (Å²) in [6.07, 6.45) is 8.55. The maximum Gasteiger partial charge on any atom is 0.233 e. The number of ether oxygens (including phenoxy) is 1. The summed E-state index contributed by atoms with van der Waals surface area (Å²) in [6, 6.07) is 5.36. The maximum atomic E-state index is 9.13. The van der Waals surface area contributed by atoms with Crippen molar-refractivity contribution in [3.05, 3.63) is 35.1 Å². The quantitative estimate of drug-likeness (QED) is 0.823. The summed E-state index contributed by atoms with van der Waals surface area (Å²) in [7, 11) is 0. The number of halogens is 1. The summed E-state index contributed by atoms with van der Waals surface area (Å²) < 4.78 is 7.41. The molecule has 2 aliphatic carbocycles. The van der Waals surface area contributed by atoms with E-state index in [0.717, 1.165) is 18.9 Å². The number of aliphatic hydroxyl groups excluding tert-OH is 1. The lowest BCUT2D eigenvalue weighted by atomic mass is 9.69. The van der Waals surface area contributed by atoms with E-state index in [0.29, 0.717) is 27.8 Å². The van der Waals surface area contributed by atoms with Crippen LogP contribution in [0.3, 0.4) is 0 Å². The first-order valence-electron chi connectivity index (χ1n) is 8.15. The first-order valence-corrected chi connectivity index (χ1v) is 8.53. The number of aromatic nitrogens is 3. The molecular formula is C17H20ClN3O2. The Morgan fingerprint density at radius 2 is 2.17 bits per heavy atom. The van der Waals surface area contributed by atoms with E-state index in [9.17, 15) is 0 Å². The zero-order valence-corrected chi connectivity index (χ0v) is 13.7. The highest BCUT2D eigenvalue weighted by Crippen LogP contribution is 2.65. The number of rotatable bonds is 6. The predicted molar refractivity (Wildman–Crippen MR) is 86.8 cm³/mol. The van der Waals surface area contributed by atoms with Crippen LogP contribution in [0.15, 0.2) is 24.4 Å². The Bertz CT molecular complexity index is 712. The molecule has 122 valence electrons. The lowest BCUT2D eigenvalue weighted by Gasteiger charge is -2.37. The van der Waals surface area contributed by atoms with E-state index in [4.69, 9.17) is 21.4 Å². The highest BCUT2D eigenvalue weighted by molar-refractivity contribution is 6.30. The number of hydrogen-bond acceptors (Lipinski definition) is 4. The van der Waals surface area contributed by atoms with Gasteiger partial charge in [0, 0.05) is 17.8 Å². The van der Waals surface area contributed by atoms with E-state index in [1.165, 1.54) is 25.7 Å². The summed E-state index contributed by atoms with van der Waals surface area (Å²) in [5, 5.41) is 13.8. The average molecular weight is 334 g/mol. The molecular weight excluding hydrogens is 314 g/mol. The van der Waals surface area contributed by atoms with Crippen molar-refractivity contribution in [3.8, 4) is 11.7 Å². The van der Waals surface area contributed by atoms with Gasteiger partial charge in [0.05, 0.1) is 13.2 Å². The topological polar surface area (TPSA) is 60.2 Å². The van der Waals surface area contributed by atoms with Crippen molar-refractivity contribution < 1.29 is 9.84 Å². The van der Waals surface area contributed by atoms with Crippen LogP contribution in [0.4, 0.5) is 0 Å². The van der Waals surface area contributed by atoms with Gasteiger partial charge in [-0.15, -0.1) is 5.10 Å². The zero-order chi connectivity index (χ0) is 15.9. The molecule has 5 nitrogen and oxygen atoms in total. The van der Waals surface area contributed by atoms with Gasteiger partial charge in [0.2, 0.25) is 5.88 Å². The summed E-state index contributed by atoms with van der Waals surface area (Å²) in [5.41, 5.74) is 1.31. The van der Waals surface area contributed by atoms with Crippen molar-refractivity contribution in [1.29, 1.82) is 0 Å². The average Bonchev–Trinajstić information content (AvgIpc) is 3.26. The molecule has 4 rings (SSSR count). The lowest BCUT2D eigenvalue weighted by Crippen LogP contribution is -2.28. The highest BCUT2D eigenvalue weighted by Gasteiger charge is 2.54. The van der Waals surface area contributed by atoms with Crippen molar-refractivity contribution in [2.45, 2.75) is 38.7 Å². The van der Waals surface area contributed by atoms with E-state index < -0.39 is 0 Å². The summed E-state index contributed by atoms with van der Waals surface area (Å²) in [6.45, 7) is 0.601. The monoisotopic (exact) mass is 333 g/mol. The molecule has 1 N–H and O–H groups in total. The molecule has 2 aliphatic rings. The van der Waals surface area contributed by atoms with Gasteiger partial charge in [-0.3, -0.25) is 0 Å². The third-order valence-electron chi connectivity index (χ3n) is 5.35. The molecule has 0 bridgehead atoms. The second-order valence-corrected chi connectivity index (χ2v) is 6.97. The fourth-order valence-electron chi connectivity index (χ4n) is 3.54. The Balaban J connectivity index is 1.35. The van der Waals surface area contributed by atoms with Crippen molar-refractivity contribution in [1.82, 2.24) is 14.8 Å². The Morgan fingerprint density at radius 1 is 1.30 bits per heavy atom. The van der Waals surface area contributed by atoms with Gasteiger partial charge < -0.3 is 9.84 Å². The minimum absolute atomic E-state index is 0.123. The van der Waals surface area contributed by atoms with Crippen LogP contribution in [-0.2, 0) is 6.61 Å². The number of pyridine rings is 1. The molecule has 2 aromatic rings. The van der Waals surface area contributed by atoms with Crippen LogP contribution in [0.5, 0.6) is 5.88 Å². The number of aliphatic hydroxyl groups is 1. The minimum atomic E-state index is -0.123. The summed E-state index contributed by atoms with van der Waals surface area (Å²) in [4.78, 5) is 4.24. The number of hydrogen-bond donors (Lipinski definition) is 1. The fourth-order valence-corrected chi connectivity index (χ4v) is 3.75. The van der Waals surface area contributed by atoms with E-state index in [-0.39, 0.29) is 6.61 Å². The van der Waals surface area contributed by atoms with Gasteiger partial charge in [-0.25, -0.2) is 9.67 Å². The molecule has 2 aromatic heterocycles. The molecule has 2 heterocycles. The molecule has 2 fully saturated rings. The first-order chi connectivity index (χ1) is 11.2. The van der Waals surface area contributed by atoms with Crippen molar-refractivity contribution in [2.24, 2.45) is 11.3 Å². The molecule has 0 saturated heterocycles. The third-order valence-corrected chi connectivity index (χ3v) is 5.67. The van der Waals surface area contributed by atoms with Crippen LogP contribution < -0.4 is 4.74 Å². The van der Waals surface area contributed by atoms with Crippen molar-refractivity contribution in [2.75, 3.05) is 6.61 Å².